The zero-order chi connectivity index (χ0) is 12.6. The molecule has 0 aliphatic heterocycles. The van der Waals surface area contributed by atoms with Crippen LogP contribution in [0.1, 0.15) is 18.1 Å². The molecular formula is C16H18S2. The van der Waals surface area contributed by atoms with Gasteiger partial charge in [-0.05, 0) is 18.1 Å². The van der Waals surface area contributed by atoms with Gasteiger partial charge in [0.15, 0.2) is 0 Å². The van der Waals surface area contributed by atoms with Crippen molar-refractivity contribution in [2.75, 3.05) is 0 Å². The molecule has 2 aromatic rings. The molecule has 2 heteroatoms. The average molecular weight is 274 g/mol. The lowest BCUT2D eigenvalue weighted by molar-refractivity contribution is 1.33. The lowest BCUT2D eigenvalue weighted by Gasteiger charge is -2.11. The summed E-state index contributed by atoms with van der Waals surface area (Å²) in [7, 11) is 0. The zero-order valence-corrected chi connectivity index (χ0v) is 12.2. The number of hydrogen-bond donors (Lipinski definition) is 0. The minimum absolute atomic E-state index is 0.630. The quantitative estimate of drug-likeness (QED) is 0.664. The molecule has 94 valence electrons. The standard InChI is InChI=1S/C16H18S2/c1-14(17-12-15-8-4-2-5-9-15)18-13-16-10-6-3-7-11-16/h2-11,14H,12-13H2,1H3. The molecular weight excluding hydrogens is 256 g/mol. The third-order valence-electron chi connectivity index (χ3n) is 2.66. The molecule has 2 rings (SSSR count). The topological polar surface area (TPSA) is 0 Å². The second kappa shape index (κ2) is 7.55. The molecule has 0 heterocycles. The summed E-state index contributed by atoms with van der Waals surface area (Å²) in [5, 5.41) is 0. The normalized spacial score (nSPS) is 10.8. The lowest BCUT2D eigenvalue weighted by Crippen LogP contribution is -1.92. The highest BCUT2D eigenvalue weighted by Crippen LogP contribution is 2.28. The van der Waals surface area contributed by atoms with Gasteiger partial charge in [-0.2, -0.15) is 0 Å². The van der Waals surface area contributed by atoms with Crippen molar-refractivity contribution in [3.05, 3.63) is 71.8 Å². The predicted molar refractivity (Wildman–Crippen MR) is 84.9 cm³/mol. The van der Waals surface area contributed by atoms with E-state index >= 15 is 0 Å². The molecule has 0 radical (unpaired) electrons. The van der Waals surface area contributed by atoms with Gasteiger partial charge in [0.05, 0.1) is 0 Å². The van der Waals surface area contributed by atoms with Crippen LogP contribution >= 0.6 is 23.5 Å². The maximum atomic E-state index is 2.29. The third-order valence-corrected chi connectivity index (χ3v) is 5.41. The van der Waals surface area contributed by atoms with Gasteiger partial charge in [0.2, 0.25) is 0 Å². The summed E-state index contributed by atoms with van der Waals surface area (Å²) in [5.74, 6) is 2.20. The van der Waals surface area contributed by atoms with Crippen LogP contribution in [0.2, 0.25) is 0 Å². The van der Waals surface area contributed by atoms with Crippen molar-refractivity contribution >= 4 is 23.5 Å². The third kappa shape index (κ3) is 4.79. The Kier molecular flexibility index (Phi) is 5.69. The Balaban J connectivity index is 1.71. The van der Waals surface area contributed by atoms with Gasteiger partial charge >= 0.3 is 0 Å². The van der Waals surface area contributed by atoms with Gasteiger partial charge < -0.3 is 0 Å². The Morgan fingerprint density at radius 2 is 1.11 bits per heavy atom. The number of hydrogen-bond acceptors (Lipinski definition) is 2. The first-order valence-corrected chi connectivity index (χ1v) is 8.25. The number of rotatable bonds is 6. The van der Waals surface area contributed by atoms with E-state index in [0.717, 1.165) is 11.5 Å². The molecule has 0 fully saturated rings. The van der Waals surface area contributed by atoms with E-state index in [2.05, 4.69) is 67.6 Å². The molecule has 0 amide bonds. The van der Waals surface area contributed by atoms with Crippen LogP contribution in [0.4, 0.5) is 0 Å². The second-order valence-electron chi connectivity index (χ2n) is 4.16. The summed E-state index contributed by atoms with van der Waals surface area (Å²) < 4.78 is 0.630. The summed E-state index contributed by atoms with van der Waals surface area (Å²) in [6, 6.07) is 21.4. The van der Waals surface area contributed by atoms with Crippen LogP contribution in [-0.2, 0) is 11.5 Å². The van der Waals surface area contributed by atoms with Crippen molar-refractivity contribution in [1.82, 2.24) is 0 Å². The summed E-state index contributed by atoms with van der Waals surface area (Å²) in [6.45, 7) is 2.29. The van der Waals surface area contributed by atoms with E-state index in [1.165, 1.54) is 11.1 Å². The molecule has 0 saturated heterocycles. The van der Waals surface area contributed by atoms with Crippen LogP contribution in [-0.4, -0.2) is 4.58 Å². The van der Waals surface area contributed by atoms with Gasteiger partial charge in [-0.1, -0.05) is 60.7 Å². The summed E-state index contributed by atoms with van der Waals surface area (Å²) in [6.07, 6.45) is 0. The molecule has 0 bridgehead atoms. The molecule has 0 aliphatic rings. The maximum Gasteiger partial charge on any atom is 0.0481 e. The Morgan fingerprint density at radius 1 is 0.722 bits per heavy atom. The monoisotopic (exact) mass is 274 g/mol. The minimum atomic E-state index is 0.630. The summed E-state index contributed by atoms with van der Waals surface area (Å²) in [4.78, 5) is 0. The van der Waals surface area contributed by atoms with Gasteiger partial charge in [0.1, 0.15) is 0 Å². The molecule has 18 heavy (non-hydrogen) atoms. The van der Waals surface area contributed by atoms with Gasteiger partial charge in [0, 0.05) is 16.1 Å². The first-order chi connectivity index (χ1) is 8.84. The van der Waals surface area contributed by atoms with Crippen LogP contribution in [0, 0.1) is 0 Å². The van der Waals surface area contributed by atoms with Crippen molar-refractivity contribution in [2.45, 2.75) is 23.0 Å². The SMILES string of the molecule is CC(SCc1ccccc1)SCc1ccccc1. The molecule has 0 saturated carbocycles. The fourth-order valence-corrected chi connectivity index (χ4v) is 3.66. The fourth-order valence-electron chi connectivity index (χ4n) is 1.62. The van der Waals surface area contributed by atoms with E-state index < -0.39 is 0 Å². The van der Waals surface area contributed by atoms with E-state index in [1.54, 1.807) is 0 Å². The molecule has 2 aromatic carbocycles. The van der Waals surface area contributed by atoms with Gasteiger partial charge in [-0.15, -0.1) is 23.5 Å². The molecule has 0 aromatic heterocycles. The van der Waals surface area contributed by atoms with Gasteiger partial charge in [0.25, 0.3) is 0 Å². The highest BCUT2D eigenvalue weighted by atomic mass is 32.2. The van der Waals surface area contributed by atoms with Crippen LogP contribution in [0.5, 0.6) is 0 Å². The smallest absolute Gasteiger partial charge is 0.0481 e. The number of thioether (sulfide) groups is 2. The number of benzene rings is 2. The Morgan fingerprint density at radius 3 is 1.50 bits per heavy atom. The highest BCUT2D eigenvalue weighted by molar-refractivity contribution is 8.16. The molecule has 0 atom stereocenters. The first-order valence-electron chi connectivity index (χ1n) is 6.15. The molecule has 0 unspecified atom stereocenters. The molecule has 0 spiro atoms. The van der Waals surface area contributed by atoms with E-state index in [-0.39, 0.29) is 0 Å². The maximum absolute atomic E-state index is 2.29. The van der Waals surface area contributed by atoms with Crippen LogP contribution in [0.15, 0.2) is 60.7 Å². The highest BCUT2D eigenvalue weighted by Gasteiger charge is 2.04. The lowest BCUT2D eigenvalue weighted by atomic mass is 10.2. The Labute approximate surface area is 118 Å². The second-order valence-corrected chi connectivity index (χ2v) is 7.12. The molecule has 0 aliphatic carbocycles. The van der Waals surface area contributed by atoms with E-state index in [0.29, 0.717) is 4.58 Å². The van der Waals surface area contributed by atoms with Crippen molar-refractivity contribution < 1.29 is 0 Å². The van der Waals surface area contributed by atoms with Gasteiger partial charge in [-0.3, -0.25) is 0 Å². The minimum Gasteiger partial charge on any atom is -0.143 e. The summed E-state index contributed by atoms with van der Waals surface area (Å²) >= 11 is 4.02. The Hall–Kier alpha value is -0.860. The average Bonchev–Trinajstić information content (AvgIpc) is 2.45. The van der Waals surface area contributed by atoms with Crippen LogP contribution in [0.3, 0.4) is 0 Å². The van der Waals surface area contributed by atoms with E-state index in [4.69, 9.17) is 0 Å². The van der Waals surface area contributed by atoms with Crippen LogP contribution in [0.25, 0.3) is 0 Å². The molecule has 0 N–H and O–H groups in total. The largest absolute Gasteiger partial charge is 0.143 e. The van der Waals surface area contributed by atoms with Crippen molar-refractivity contribution in [1.29, 1.82) is 0 Å². The van der Waals surface area contributed by atoms with Crippen LogP contribution < -0.4 is 0 Å². The fraction of sp³-hybridized carbons (Fsp3) is 0.250. The first kappa shape index (κ1) is 13.6. The van der Waals surface area contributed by atoms with Crippen molar-refractivity contribution in [3.8, 4) is 0 Å². The van der Waals surface area contributed by atoms with Crippen molar-refractivity contribution in [2.24, 2.45) is 0 Å². The van der Waals surface area contributed by atoms with Gasteiger partial charge in [-0.25, -0.2) is 0 Å². The zero-order valence-electron chi connectivity index (χ0n) is 10.6. The molecule has 0 nitrogen and oxygen atoms in total. The van der Waals surface area contributed by atoms with E-state index in [1.807, 2.05) is 23.5 Å². The van der Waals surface area contributed by atoms with Crippen molar-refractivity contribution in [3.63, 3.8) is 0 Å². The van der Waals surface area contributed by atoms with E-state index in [9.17, 15) is 0 Å². The predicted octanol–water partition coefficient (Wildman–Crippen LogP) is 5.20. The Bertz CT molecular complexity index is 396. The summed E-state index contributed by atoms with van der Waals surface area (Å²) in [5.41, 5.74) is 2.82.